The molecule has 0 saturated heterocycles. The summed E-state index contributed by atoms with van der Waals surface area (Å²) in [4.78, 5) is 10.7. The molecule has 0 saturated carbocycles. The number of hydrogen-bond acceptors (Lipinski definition) is 3. The van der Waals surface area contributed by atoms with Gasteiger partial charge in [-0.15, -0.1) is 0 Å². The Balaban J connectivity index is 0.000000385. The molecular formula is C9H9Cl3O3S. The van der Waals surface area contributed by atoms with Gasteiger partial charge in [0.25, 0.3) is 0 Å². The van der Waals surface area contributed by atoms with Crippen LogP contribution in [0.4, 0.5) is 0 Å². The van der Waals surface area contributed by atoms with Crippen molar-refractivity contribution in [1.29, 1.82) is 0 Å². The van der Waals surface area contributed by atoms with E-state index in [1.807, 2.05) is 12.1 Å². The van der Waals surface area contributed by atoms with Gasteiger partial charge in [0.1, 0.15) is 5.78 Å². The summed E-state index contributed by atoms with van der Waals surface area (Å²) in [6.45, 7) is 1.58. The van der Waals surface area contributed by atoms with E-state index in [0.29, 0.717) is 11.4 Å². The molecular weight excluding hydrogens is 295 g/mol. The van der Waals surface area contributed by atoms with Gasteiger partial charge in [-0.1, -0.05) is 23.7 Å². The summed E-state index contributed by atoms with van der Waals surface area (Å²) in [6.07, 6.45) is 0.497. The predicted molar refractivity (Wildman–Crippen MR) is 66.5 cm³/mol. The summed E-state index contributed by atoms with van der Waals surface area (Å²) < 4.78 is 18.3. The van der Waals surface area contributed by atoms with E-state index in [1.165, 1.54) is 0 Å². The van der Waals surface area contributed by atoms with E-state index in [9.17, 15) is 4.79 Å². The highest BCUT2D eigenvalue weighted by molar-refractivity contribution is 8.31. The molecule has 0 aliphatic carbocycles. The highest BCUT2D eigenvalue weighted by atomic mass is 36.0. The minimum absolute atomic E-state index is 0.173. The molecule has 0 aliphatic rings. The van der Waals surface area contributed by atoms with Gasteiger partial charge in [-0.3, -0.25) is 4.79 Å². The van der Waals surface area contributed by atoms with E-state index in [-0.39, 0.29) is 5.78 Å². The molecule has 0 radical (unpaired) electrons. The number of halogens is 3. The summed E-state index contributed by atoms with van der Waals surface area (Å²) >= 11 is 5.66. The Morgan fingerprint density at radius 3 is 1.88 bits per heavy atom. The van der Waals surface area contributed by atoms with E-state index in [2.05, 4.69) is 21.4 Å². The Hall–Kier alpha value is -0.290. The molecule has 0 amide bonds. The Morgan fingerprint density at radius 1 is 1.19 bits per heavy atom. The molecule has 3 nitrogen and oxygen atoms in total. The van der Waals surface area contributed by atoms with Crippen molar-refractivity contribution in [3.8, 4) is 0 Å². The van der Waals surface area contributed by atoms with E-state index >= 15 is 0 Å². The van der Waals surface area contributed by atoms with Gasteiger partial charge in [0.2, 0.25) is 0 Å². The summed E-state index contributed by atoms with van der Waals surface area (Å²) in [7, 11) is 4.81. The Kier molecular flexibility index (Phi) is 6.99. The predicted octanol–water partition coefficient (Wildman–Crippen LogP) is 3.18. The van der Waals surface area contributed by atoms with Gasteiger partial charge in [-0.05, 0) is 24.6 Å². The zero-order chi connectivity index (χ0) is 12.8. The van der Waals surface area contributed by atoms with Crippen LogP contribution in [0, 0.1) is 0 Å². The number of carbonyl (C=O) groups is 1. The van der Waals surface area contributed by atoms with Crippen LogP contribution in [0.3, 0.4) is 0 Å². The van der Waals surface area contributed by atoms with Crippen molar-refractivity contribution in [2.24, 2.45) is 0 Å². The first kappa shape index (κ1) is 15.7. The van der Waals surface area contributed by atoms with Crippen LogP contribution in [0.1, 0.15) is 12.5 Å². The van der Waals surface area contributed by atoms with E-state index in [0.717, 1.165) is 5.56 Å². The molecule has 16 heavy (non-hydrogen) atoms. The first-order valence-corrected chi connectivity index (χ1v) is 7.58. The van der Waals surface area contributed by atoms with Crippen LogP contribution in [0.2, 0.25) is 5.02 Å². The van der Waals surface area contributed by atoms with Gasteiger partial charge in [-0.2, -0.15) is 8.42 Å². The summed E-state index contributed by atoms with van der Waals surface area (Å²) in [5, 5.41) is 0.706. The first-order chi connectivity index (χ1) is 7.18. The van der Waals surface area contributed by atoms with E-state index in [4.69, 9.17) is 20.0 Å². The van der Waals surface area contributed by atoms with E-state index in [1.54, 1.807) is 19.1 Å². The standard InChI is InChI=1S/C9H9ClO.Cl2O2S/c1-7(11)6-8-2-4-9(10)5-3-8;1-5(2,3)4/h2-5H,6H2,1H3;. The molecule has 0 spiro atoms. The second-order valence-electron chi connectivity index (χ2n) is 2.88. The quantitative estimate of drug-likeness (QED) is 0.788. The van der Waals surface area contributed by atoms with Gasteiger partial charge >= 0.3 is 8.26 Å². The zero-order valence-corrected chi connectivity index (χ0v) is 11.4. The van der Waals surface area contributed by atoms with Crippen LogP contribution in [0.25, 0.3) is 0 Å². The molecule has 1 aromatic rings. The fraction of sp³-hybridized carbons (Fsp3) is 0.222. The van der Waals surface area contributed by atoms with Gasteiger partial charge < -0.3 is 0 Å². The van der Waals surface area contributed by atoms with Gasteiger partial charge in [0.15, 0.2) is 0 Å². The van der Waals surface area contributed by atoms with Gasteiger partial charge in [0.05, 0.1) is 0 Å². The SMILES string of the molecule is CC(=O)Cc1ccc(Cl)cc1.O=S(=O)(Cl)Cl. The molecule has 0 heterocycles. The van der Waals surface area contributed by atoms with E-state index < -0.39 is 8.26 Å². The molecule has 1 rings (SSSR count). The lowest BCUT2D eigenvalue weighted by Gasteiger charge is -1.95. The van der Waals surface area contributed by atoms with Crippen LogP contribution >= 0.6 is 33.0 Å². The maximum absolute atomic E-state index is 10.7. The maximum Gasteiger partial charge on any atom is 0.317 e. The second kappa shape index (κ2) is 7.12. The number of ketones is 1. The third-order valence-electron chi connectivity index (χ3n) is 1.37. The van der Waals surface area contributed by atoms with Crippen molar-refractivity contribution >= 4 is 47.0 Å². The largest absolute Gasteiger partial charge is 0.317 e. The number of Topliss-reactive ketones (excluding diaryl/α,β-unsaturated/α-hetero) is 1. The minimum Gasteiger partial charge on any atom is -0.300 e. The van der Waals surface area contributed by atoms with Crippen LogP contribution in [0.5, 0.6) is 0 Å². The Labute approximate surface area is 108 Å². The lowest BCUT2D eigenvalue weighted by atomic mass is 10.1. The third-order valence-corrected chi connectivity index (χ3v) is 1.62. The van der Waals surface area contributed by atoms with Gasteiger partial charge in [-0.25, -0.2) is 0 Å². The highest BCUT2D eigenvalue weighted by Gasteiger charge is 1.95. The van der Waals surface area contributed by atoms with Crippen molar-refractivity contribution in [3.05, 3.63) is 34.9 Å². The molecule has 0 aromatic heterocycles. The third kappa shape index (κ3) is 11.8. The fourth-order valence-electron chi connectivity index (χ4n) is 0.890. The normalized spacial score (nSPS) is 10.2. The average molecular weight is 304 g/mol. The number of hydrogen-bond donors (Lipinski definition) is 0. The summed E-state index contributed by atoms with van der Waals surface area (Å²) in [6, 6.07) is 7.31. The molecule has 0 aliphatic heterocycles. The molecule has 0 unspecified atom stereocenters. The first-order valence-electron chi connectivity index (χ1n) is 4.06. The number of benzene rings is 1. The maximum atomic E-state index is 10.7. The highest BCUT2D eigenvalue weighted by Crippen LogP contribution is 2.09. The molecule has 0 bridgehead atoms. The van der Waals surface area contributed by atoms with Crippen molar-refractivity contribution in [2.75, 3.05) is 0 Å². The second-order valence-corrected chi connectivity index (χ2v) is 6.99. The van der Waals surface area contributed by atoms with Crippen LogP contribution in [0.15, 0.2) is 24.3 Å². The molecule has 0 atom stereocenters. The van der Waals surface area contributed by atoms with Crippen LogP contribution < -0.4 is 0 Å². The topological polar surface area (TPSA) is 51.2 Å². The average Bonchev–Trinajstić information content (AvgIpc) is 2.05. The molecule has 0 N–H and O–H groups in total. The molecule has 0 fully saturated rings. The van der Waals surface area contributed by atoms with Crippen molar-refractivity contribution < 1.29 is 13.2 Å². The number of carbonyl (C=O) groups excluding carboxylic acids is 1. The zero-order valence-electron chi connectivity index (χ0n) is 8.28. The van der Waals surface area contributed by atoms with Crippen molar-refractivity contribution in [3.63, 3.8) is 0 Å². The smallest absolute Gasteiger partial charge is 0.300 e. The lowest BCUT2D eigenvalue weighted by molar-refractivity contribution is -0.116. The lowest BCUT2D eigenvalue weighted by Crippen LogP contribution is -1.94. The molecule has 1 aromatic carbocycles. The van der Waals surface area contributed by atoms with Crippen molar-refractivity contribution in [1.82, 2.24) is 0 Å². The van der Waals surface area contributed by atoms with Crippen molar-refractivity contribution in [2.45, 2.75) is 13.3 Å². The van der Waals surface area contributed by atoms with Crippen LogP contribution in [-0.2, 0) is 19.5 Å². The summed E-state index contributed by atoms with van der Waals surface area (Å²) in [5.74, 6) is 0.173. The Bertz CT molecular complexity index is 432. The minimum atomic E-state index is -3.72. The molecule has 90 valence electrons. The molecule has 7 heteroatoms. The van der Waals surface area contributed by atoms with Gasteiger partial charge in [0, 0.05) is 32.8 Å². The monoisotopic (exact) mass is 302 g/mol. The number of rotatable bonds is 2. The summed E-state index contributed by atoms with van der Waals surface area (Å²) in [5.41, 5.74) is 1.02. The van der Waals surface area contributed by atoms with Crippen LogP contribution in [-0.4, -0.2) is 14.2 Å². The fourth-order valence-corrected chi connectivity index (χ4v) is 1.02. The Morgan fingerprint density at radius 2 is 1.56 bits per heavy atom.